The van der Waals surface area contributed by atoms with Gasteiger partial charge in [-0.05, 0) is 44.3 Å². The molecule has 1 unspecified atom stereocenters. The van der Waals surface area contributed by atoms with E-state index in [4.69, 9.17) is 4.74 Å². The van der Waals surface area contributed by atoms with E-state index in [0.717, 1.165) is 0 Å². The Hall–Kier alpha value is -2.74. The minimum absolute atomic E-state index is 0.115. The Labute approximate surface area is 155 Å². The maximum atomic E-state index is 12.5. The summed E-state index contributed by atoms with van der Waals surface area (Å²) in [5, 5.41) is 2.77. The number of benzene rings is 2. The highest BCUT2D eigenvalue weighted by molar-refractivity contribution is 5.94. The first-order chi connectivity index (χ1) is 12.7. The third-order valence-electron chi connectivity index (χ3n) is 4.02. The summed E-state index contributed by atoms with van der Waals surface area (Å²) in [5.41, 5.74) is 0.934. The lowest BCUT2D eigenvalue weighted by atomic mass is 10.1. The number of amides is 1. The fourth-order valence-corrected chi connectivity index (χ4v) is 2.39. The Morgan fingerprint density at radius 1 is 1.15 bits per heavy atom. The van der Waals surface area contributed by atoms with Crippen LogP contribution >= 0.6 is 0 Å². The molecule has 146 valence electrons. The molecule has 1 N–H and O–H groups in total. The molecule has 0 aliphatic heterocycles. The van der Waals surface area contributed by atoms with Crippen molar-refractivity contribution in [3.05, 3.63) is 54.1 Å². The molecule has 1 amide bonds. The molecule has 0 aliphatic carbocycles. The quantitative estimate of drug-likeness (QED) is 0.785. The van der Waals surface area contributed by atoms with Crippen molar-refractivity contribution in [1.82, 2.24) is 4.90 Å². The molecule has 1 atom stereocenters. The molecule has 5 nitrogen and oxygen atoms in total. The Morgan fingerprint density at radius 2 is 1.78 bits per heavy atom. The smallest absolute Gasteiger partial charge is 0.497 e. The van der Waals surface area contributed by atoms with Gasteiger partial charge < -0.3 is 14.8 Å². The van der Waals surface area contributed by atoms with E-state index in [9.17, 15) is 18.0 Å². The molecule has 0 fully saturated rings. The van der Waals surface area contributed by atoms with Crippen LogP contribution in [0.5, 0.6) is 11.5 Å². The molecule has 0 aliphatic rings. The molecule has 0 spiro atoms. The number of rotatable bonds is 7. The number of ether oxygens (including phenoxy) is 2. The summed E-state index contributed by atoms with van der Waals surface area (Å²) < 4.78 is 46.7. The van der Waals surface area contributed by atoms with Crippen LogP contribution in [0.2, 0.25) is 0 Å². The summed E-state index contributed by atoms with van der Waals surface area (Å²) in [6.07, 6.45) is -4.77. The lowest BCUT2D eigenvalue weighted by molar-refractivity contribution is -0.275. The Bertz CT molecular complexity index is 764. The minimum atomic E-state index is -4.77. The molecule has 0 aromatic heterocycles. The predicted molar refractivity (Wildman–Crippen MR) is 95.7 cm³/mol. The standard InChI is InChI=1S/C19H21F3N2O3/c1-13(18(25)23-15-8-10-16(26-3)11-9-15)24(2)12-14-6-4-5-7-17(14)27-19(20,21)22/h4-11,13H,12H2,1-3H3,(H,23,25). The molecular weight excluding hydrogens is 361 g/mol. The van der Waals surface area contributed by atoms with Gasteiger partial charge in [0.2, 0.25) is 5.91 Å². The average molecular weight is 382 g/mol. The number of para-hydroxylation sites is 1. The summed E-state index contributed by atoms with van der Waals surface area (Å²) in [4.78, 5) is 14.1. The molecule has 0 bridgehead atoms. The molecule has 0 saturated carbocycles. The highest BCUT2D eigenvalue weighted by atomic mass is 19.4. The van der Waals surface area contributed by atoms with Crippen molar-refractivity contribution in [1.29, 1.82) is 0 Å². The number of carbonyl (C=O) groups excluding carboxylic acids is 1. The van der Waals surface area contributed by atoms with Gasteiger partial charge in [0.15, 0.2) is 0 Å². The van der Waals surface area contributed by atoms with Crippen LogP contribution in [-0.4, -0.2) is 37.4 Å². The van der Waals surface area contributed by atoms with Gasteiger partial charge >= 0.3 is 6.36 Å². The number of halogens is 3. The van der Waals surface area contributed by atoms with E-state index in [1.54, 1.807) is 56.3 Å². The molecule has 27 heavy (non-hydrogen) atoms. The SMILES string of the molecule is COc1ccc(NC(=O)C(C)N(C)Cc2ccccc2OC(F)(F)F)cc1. The zero-order valence-electron chi connectivity index (χ0n) is 15.2. The fraction of sp³-hybridized carbons (Fsp3) is 0.316. The van der Waals surface area contributed by atoms with Gasteiger partial charge in [0, 0.05) is 17.8 Å². The second-order valence-electron chi connectivity index (χ2n) is 5.96. The first kappa shape index (κ1) is 20.6. The predicted octanol–water partition coefficient (Wildman–Crippen LogP) is 4.05. The second kappa shape index (κ2) is 8.77. The minimum Gasteiger partial charge on any atom is -0.497 e. The van der Waals surface area contributed by atoms with Crippen LogP contribution in [0.4, 0.5) is 18.9 Å². The Balaban J connectivity index is 2.02. The van der Waals surface area contributed by atoms with Gasteiger partial charge in [-0.25, -0.2) is 0 Å². The number of hydrogen-bond acceptors (Lipinski definition) is 4. The highest BCUT2D eigenvalue weighted by Crippen LogP contribution is 2.27. The monoisotopic (exact) mass is 382 g/mol. The number of alkyl halides is 3. The van der Waals surface area contributed by atoms with E-state index in [0.29, 0.717) is 17.0 Å². The number of hydrogen-bond donors (Lipinski definition) is 1. The number of carbonyl (C=O) groups is 1. The lowest BCUT2D eigenvalue weighted by Gasteiger charge is -2.25. The molecule has 0 radical (unpaired) electrons. The van der Waals surface area contributed by atoms with Crippen LogP contribution < -0.4 is 14.8 Å². The van der Waals surface area contributed by atoms with Gasteiger partial charge in [-0.3, -0.25) is 9.69 Å². The number of anilines is 1. The molecule has 2 rings (SSSR count). The molecule has 0 heterocycles. The summed E-state index contributed by atoms with van der Waals surface area (Å²) in [6, 6.07) is 12.1. The summed E-state index contributed by atoms with van der Waals surface area (Å²) in [7, 11) is 3.20. The first-order valence-corrected chi connectivity index (χ1v) is 8.18. The van der Waals surface area contributed by atoms with Crippen LogP contribution in [0, 0.1) is 0 Å². The first-order valence-electron chi connectivity index (χ1n) is 8.18. The molecular formula is C19H21F3N2O3. The van der Waals surface area contributed by atoms with Crippen LogP contribution in [0.15, 0.2) is 48.5 Å². The normalized spacial score (nSPS) is 12.6. The van der Waals surface area contributed by atoms with Gasteiger partial charge in [0.25, 0.3) is 0 Å². The zero-order valence-corrected chi connectivity index (χ0v) is 15.2. The van der Waals surface area contributed by atoms with Gasteiger partial charge in [-0.2, -0.15) is 0 Å². The van der Waals surface area contributed by atoms with Gasteiger partial charge in [-0.15, -0.1) is 13.2 Å². The van der Waals surface area contributed by atoms with Crippen LogP contribution in [0.3, 0.4) is 0 Å². The van der Waals surface area contributed by atoms with E-state index < -0.39 is 12.4 Å². The summed E-state index contributed by atoms with van der Waals surface area (Å²) in [5.74, 6) is 0.107. The Morgan fingerprint density at radius 3 is 2.37 bits per heavy atom. The fourth-order valence-electron chi connectivity index (χ4n) is 2.39. The number of likely N-dealkylation sites (N-methyl/N-ethyl adjacent to an activating group) is 1. The second-order valence-corrected chi connectivity index (χ2v) is 5.96. The van der Waals surface area contributed by atoms with Gasteiger partial charge in [0.05, 0.1) is 13.2 Å². The van der Waals surface area contributed by atoms with Crippen molar-refractivity contribution in [2.45, 2.75) is 25.9 Å². The van der Waals surface area contributed by atoms with Crippen molar-refractivity contribution in [3.8, 4) is 11.5 Å². The maximum absolute atomic E-state index is 12.5. The number of methoxy groups -OCH3 is 1. The van der Waals surface area contributed by atoms with Crippen molar-refractivity contribution in [2.75, 3.05) is 19.5 Å². The summed E-state index contributed by atoms with van der Waals surface area (Å²) in [6.45, 7) is 1.79. The number of nitrogens with one attached hydrogen (secondary N) is 1. The zero-order chi connectivity index (χ0) is 20.0. The van der Waals surface area contributed by atoms with Crippen molar-refractivity contribution >= 4 is 11.6 Å². The topological polar surface area (TPSA) is 50.8 Å². The van der Waals surface area contributed by atoms with E-state index in [2.05, 4.69) is 10.1 Å². The van der Waals surface area contributed by atoms with Crippen LogP contribution in [0.1, 0.15) is 12.5 Å². The van der Waals surface area contributed by atoms with E-state index >= 15 is 0 Å². The van der Waals surface area contributed by atoms with Crippen molar-refractivity contribution < 1.29 is 27.4 Å². The van der Waals surface area contributed by atoms with Crippen LogP contribution in [0.25, 0.3) is 0 Å². The van der Waals surface area contributed by atoms with Gasteiger partial charge in [0.1, 0.15) is 11.5 Å². The Kier molecular flexibility index (Phi) is 6.68. The third-order valence-corrected chi connectivity index (χ3v) is 4.02. The summed E-state index contributed by atoms with van der Waals surface area (Å²) >= 11 is 0. The molecule has 2 aromatic carbocycles. The van der Waals surface area contributed by atoms with Crippen LogP contribution in [-0.2, 0) is 11.3 Å². The molecule has 8 heteroatoms. The molecule has 2 aromatic rings. The number of nitrogens with zero attached hydrogens (tertiary/aromatic N) is 1. The van der Waals surface area contributed by atoms with Crippen molar-refractivity contribution in [3.63, 3.8) is 0 Å². The highest BCUT2D eigenvalue weighted by Gasteiger charge is 2.32. The largest absolute Gasteiger partial charge is 0.573 e. The van der Waals surface area contributed by atoms with E-state index in [-0.39, 0.29) is 18.2 Å². The van der Waals surface area contributed by atoms with E-state index in [1.807, 2.05) is 0 Å². The van der Waals surface area contributed by atoms with Crippen molar-refractivity contribution in [2.24, 2.45) is 0 Å². The average Bonchev–Trinajstić information content (AvgIpc) is 2.62. The maximum Gasteiger partial charge on any atom is 0.573 e. The van der Waals surface area contributed by atoms with E-state index in [1.165, 1.54) is 18.2 Å². The lowest BCUT2D eigenvalue weighted by Crippen LogP contribution is -2.39. The molecule has 0 saturated heterocycles. The van der Waals surface area contributed by atoms with Gasteiger partial charge in [-0.1, -0.05) is 18.2 Å². The third kappa shape index (κ3) is 6.18.